The van der Waals surface area contributed by atoms with Crippen LogP contribution < -0.4 is 0 Å². The van der Waals surface area contributed by atoms with E-state index in [0.29, 0.717) is 17.4 Å². The fraction of sp³-hybridized carbons (Fsp3) is 0.636. The quantitative estimate of drug-likeness (QED) is 0.714. The van der Waals surface area contributed by atoms with E-state index in [-0.39, 0.29) is 0 Å². The van der Waals surface area contributed by atoms with E-state index in [9.17, 15) is 9.59 Å². The highest BCUT2D eigenvalue weighted by Gasteiger charge is 2.37. The van der Waals surface area contributed by atoms with E-state index >= 15 is 0 Å². The summed E-state index contributed by atoms with van der Waals surface area (Å²) < 4.78 is 4.84. The molecule has 15 heavy (non-hydrogen) atoms. The van der Waals surface area contributed by atoms with E-state index in [2.05, 4.69) is 0 Å². The number of allylic oxidation sites excluding steroid dienone is 1. The molecule has 0 saturated heterocycles. The predicted octanol–water partition coefficient (Wildman–Crippen LogP) is 1.36. The van der Waals surface area contributed by atoms with Crippen LogP contribution in [-0.4, -0.2) is 23.1 Å². The SMILES string of the molecule is CC(OC(=O)C1=CC2CCC1C2)C(=O)O. The molecule has 1 saturated carbocycles. The summed E-state index contributed by atoms with van der Waals surface area (Å²) in [6.07, 6.45) is 4.11. The molecule has 3 unspecified atom stereocenters. The van der Waals surface area contributed by atoms with Gasteiger partial charge in [0.25, 0.3) is 0 Å². The van der Waals surface area contributed by atoms with Crippen molar-refractivity contribution in [3.8, 4) is 0 Å². The number of hydrogen-bond acceptors (Lipinski definition) is 3. The van der Waals surface area contributed by atoms with E-state index in [0.717, 1.165) is 19.3 Å². The average molecular weight is 210 g/mol. The van der Waals surface area contributed by atoms with Crippen LogP contribution in [0.15, 0.2) is 11.6 Å². The van der Waals surface area contributed by atoms with Crippen molar-refractivity contribution in [3.63, 3.8) is 0 Å². The van der Waals surface area contributed by atoms with Crippen LogP contribution in [0, 0.1) is 11.8 Å². The molecule has 0 heterocycles. The number of ether oxygens (including phenoxy) is 1. The molecular formula is C11H14O4. The van der Waals surface area contributed by atoms with E-state index in [1.807, 2.05) is 6.08 Å². The van der Waals surface area contributed by atoms with Gasteiger partial charge in [-0.15, -0.1) is 0 Å². The summed E-state index contributed by atoms with van der Waals surface area (Å²) in [6, 6.07) is 0. The standard InChI is InChI=1S/C11H14O4/c1-6(10(12)13)15-11(14)9-5-7-2-3-8(9)4-7/h5-8H,2-4H2,1H3,(H,12,13). The number of rotatable bonds is 3. The van der Waals surface area contributed by atoms with E-state index in [1.165, 1.54) is 6.92 Å². The van der Waals surface area contributed by atoms with Gasteiger partial charge in [-0.1, -0.05) is 6.08 Å². The zero-order valence-corrected chi connectivity index (χ0v) is 8.60. The molecule has 0 aliphatic heterocycles. The van der Waals surface area contributed by atoms with Gasteiger partial charge in [0.05, 0.1) is 0 Å². The van der Waals surface area contributed by atoms with Crippen LogP contribution in [0.4, 0.5) is 0 Å². The minimum atomic E-state index is -1.10. The highest BCUT2D eigenvalue weighted by Crippen LogP contribution is 2.44. The number of hydrogen-bond donors (Lipinski definition) is 1. The van der Waals surface area contributed by atoms with Crippen molar-refractivity contribution < 1.29 is 19.4 Å². The summed E-state index contributed by atoms with van der Waals surface area (Å²) >= 11 is 0. The molecule has 3 atom stereocenters. The summed E-state index contributed by atoms with van der Waals surface area (Å²) in [5, 5.41) is 8.61. The van der Waals surface area contributed by atoms with Gasteiger partial charge in [-0.05, 0) is 38.0 Å². The van der Waals surface area contributed by atoms with Crippen LogP contribution in [0.5, 0.6) is 0 Å². The Kier molecular flexibility index (Phi) is 2.50. The molecule has 0 aromatic carbocycles. The molecule has 2 aliphatic rings. The van der Waals surface area contributed by atoms with E-state index in [1.54, 1.807) is 0 Å². The second kappa shape index (κ2) is 3.68. The molecule has 4 heteroatoms. The van der Waals surface area contributed by atoms with E-state index in [4.69, 9.17) is 9.84 Å². The summed E-state index contributed by atoms with van der Waals surface area (Å²) in [5.74, 6) is -0.731. The van der Waals surface area contributed by atoms with Gasteiger partial charge in [0.15, 0.2) is 6.10 Å². The number of carbonyl (C=O) groups excluding carboxylic acids is 1. The Labute approximate surface area is 87.9 Å². The van der Waals surface area contributed by atoms with Gasteiger partial charge in [0.2, 0.25) is 0 Å². The lowest BCUT2D eigenvalue weighted by Gasteiger charge is -2.14. The topological polar surface area (TPSA) is 63.6 Å². The van der Waals surface area contributed by atoms with Crippen molar-refractivity contribution in [2.75, 3.05) is 0 Å². The highest BCUT2D eigenvalue weighted by molar-refractivity contribution is 5.91. The molecule has 0 spiro atoms. The van der Waals surface area contributed by atoms with Gasteiger partial charge in [-0.2, -0.15) is 0 Å². The lowest BCUT2D eigenvalue weighted by atomic mass is 9.99. The van der Waals surface area contributed by atoms with Crippen molar-refractivity contribution >= 4 is 11.9 Å². The Balaban J connectivity index is 1.98. The number of fused-ring (bicyclic) bond motifs is 2. The van der Waals surface area contributed by atoms with Crippen molar-refractivity contribution in [2.45, 2.75) is 32.3 Å². The molecule has 1 N–H and O–H groups in total. The number of carbonyl (C=O) groups is 2. The molecule has 82 valence electrons. The monoisotopic (exact) mass is 210 g/mol. The predicted molar refractivity (Wildman–Crippen MR) is 52.1 cm³/mol. The molecule has 2 rings (SSSR count). The van der Waals surface area contributed by atoms with Crippen molar-refractivity contribution in [1.82, 2.24) is 0 Å². The number of carboxylic acid groups (broad SMARTS) is 1. The molecular weight excluding hydrogens is 196 g/mol. The van der Waals surface area contributed by atoms with Crippen LogP contribution in [0.1, 0.15) is 26.2 Å². The van der Waals surface area contributed by atoms with Gasteiger partial charge < -0.3 is 9.84 Å². The molecule has 0 aromatic rings. The maximum Gasteiger partial charge on any atom is 0.344 e. The minimum Gasteiger partial charge on any atom is -0.479 e. The minimum absolute atomic E-state index is 0.309. The Hall–Kier alpha value is -1.32. The van der Waals surface area contributed by atoms with Crippen LogP contribution in [0.3, 0.4) is 0 Å². The number of esters is 1. The van der Waals surface area contributed by atoms with Crippen LogP contribution in [-0.2, 0) is 14.3 Å². The summed E-state index contributed by atoms with van der Waals surface area (Å²) in [6.45, 7) is 1.37. The van der Waals surface area contributed by atoms with Gasteiger partial charge in [0.1, 0.15) is 0 Å². The fourth-order valence-corrected chi connectivity index (χ4v) is 2.35. The lowest BCUT2D eigenvalue weighted by molar-refractivity contribution is -0.160. The maximum atomic E-state index is 11.6. The van der Waals surface area contributed by atoms with E-state index < -0.39 is 18.0 Å². The van der Waals surface area contributed by atoms with Crippen LogP contribution >= 0.6 is 0 Å². The van der Waals surface area contributed by atoms with Crippen molar-refractivity contribution in [3.05, 3.63) is 11.6 Å². The maximum absolute atomic E-state index is 11.6. The second-order valence-corrected chi connectivity index (χ2v) is 4.28. The number of carboxylic acids is 1. The average Bonchev–Trinajstić information content (AvgIpc) is 2.78. The molecule has 2 aliphatic carbocycles. The molecule has 0 amide bonds. The largest absolute Gasteiger partial charge is 0.479 e. The molecule has 1 fully saturated rings. The first kappa shape index (κ1) is 10.2. The Morgan fingerprint density at radius 3 is 2.73 bits per heavy atom. The third-order valence-corrected chi connectivity index (χ3v) is 3.20. The third-order valence-electron chi connectivity index (χ3n) is 3.20. The van der Waals surface area contributed by atoms with Gasteiger partial charge in [0, 0.05) is 5.57 Å². The number of aliphatic carboxylic acids is 1. The molecule has 0 radical (unpaired) electrons. The van der Waals surface area contributed by atoms with Crippen molar-refractivity contribution in [2.24, 2.45) is 11.8 Å². The van der Waals surface area contributed by atoms with Crippen LogP contribution in [0.2, 0.25) is 0 Å². The first-order valence-electron chi connectivity index (χ1n) is 5.23. The second-order valence-electron chi connectivity index (χ2n) is 4.28. The van der Waals surface area contributed by atoms with Crippen molar-refractivity contribution in [1.29, 1.82) is 0 Å². The highest BCUT2D eigenvalue weighted by atomic mass is 16.6. The normalized spacial score (nSPS) is 29.8. The summed E-state index contributed by atoms with van der Waals surface area (Å²) in [4.78, 5) is 22.1. The van der Waals surface area contributed by atoms with Gasteiger partial charge in [-0.25, -0.2) is 9.59 Å². The lowest BCUT2D eigenvalue weighted by Crippen LogP contribution is -2.25. The first-order valence-corrected chi connectivity index (χ1v) is 5.23. The smallest absolute Gasteiger partial charge is 0.344 e. The molecule has 4 nitrogen and oxygen atoms in total. The molecule has 0 aromatic heterocycles. The van der Waals surface area contributed by atoms with Gasteiger partial charge >= 0.3 is 11.9 Å². The van der Waals surface area contributed by atoms with Crippen LogP contribution in [0.25, 0.3) is 0 Å². The molecule has 2 bridgehead atoms. The fourth-order valence-electron chi connectivity index (χ4n) is 2.35. The van der Waals surface area contributed by atoms with Gasteiger partial charge in [-0.3, -0.25) is 0 Å². The Morgan fingerprint density at radius 1 is 1.53 bits per heavy atom. The third kappa shape index (κ3) is 1.89. The summed E-state index contributed by atoms with van der Waals surface area (Å²) in [7, 11) is 0. The zero-order chi connectivity index (χ0) is 11.0. The Bertz CT molecular complexity index is 331. The summed E-state index contributed by atoms with van der Waals surface area (Å²) in [5.41, 5.74) is 0.694. The first-order chi connectivity index (χ1) is 7.08. The Morgan fingerprint density at radius 2 is 2.27 bits per heavy atom. The zero-order valence-electron chi connectivity index (χ0n) is 8.60.